The summed E-state index contributed by atoms with van der Waals surface area (Å²) in [5.41, 5.74) is 1.62. The Bertz CT molecular complexity index is 508. The van der Waals surface area contributed by atoms with Gasteiger partial charge in [0.25, 0.3) is 0 Å². The van der Waals surface area contributed by atoms with Crippen molar-refractivity contribution in [2.45, 2.75) is 19.3 Å². The van der Waals surface area contributed by atoms with Crippen LogP contribution in [-0.2, 0) is 11.2 Å². The number of piperidine rings is 1. The number of benzene rings is 1. The molecule has 1 aromatic rings. The van der Waals surface area contributed by atoms with Gasteiger partial charge in [0.05, 0.1) is 18.1 Å². The third kappa shape index (κ3) is 4.57. The van der Waals surface area contributed by atoms with Gasteiger partial charge >= 0.3 is 0 Å². The number of carbonyl (C=O) groups excluding carboxylic acids is 1. The monoisotopic (exact) mass is 285 g/mol. The van der Waals surface area contributed by atoms with E-state index in [9.17, 15) is 4.79 Å². The van der Waals surface area contributed by atoms with Gasteiger partial charge in [-0.1, -0.05) is 12.1 Å². The Labute approximate surface area is 127 Å². The molecule has 0 unspecified atom stereocenters. The van der Waals surface area contributed by atoms with Crippen LogP contribution in [0.15, 0.2) is 24.3 Å². The number of rotatable bonds is 4. The quantitative estimate of drug-likeness (QED) is 0.849. The summed E-state index contributed by atoms with van der Waals surface area (Å²) >= 11 is 0. The van der Waals surface area contributed by atoms with E-state index in [-0.39, 0.29) is 5.91 Å². The van der Waals surface area contributed by atoms with Crippen molar-refractivity contribution in [3.05, 3.63) is 35.4 Å². The first-order valence-electron chi connectivity index (χ1n) is 7.50. The lowest BCUT2D eigenvalue weighted by Gasteiger charge is -2.33. The lowest BCUT2D eigenvalue weighted by molar-refractivity contribution is -0.131. The molecule has 1 aliphatic rings. The van der Waals surface area contributed by atoms with Crippen molar-refractivity contribution in [1.29, 1.82) is 5.26 Å². The van der Waals surface area contributed by atoms with E-state index in [1.165, 1.54) is 0 Å². The molecule has 0 saturated carbocycles. The fraction of sp³-hybridized carbons (Fsp3) is 0.529. The molecule has 1 heterocycles. The third-order valence-electron chi connectivity index (χ3n) is 4.03. The van der Waals surface area contributed by atoms with Crippen LogP contribution >= 0.6 is 0 Å². The summed E-state index contributed by atoms with van der Waals surface area (Å²) in [6, 6.07) is 9.37. The van der Waals surface area contributed by atoms with Crippen LogP contribution in [0.3, 0.4) is 0 Å². The second-order valence-electron chi connectivity index (χ2n) is 6.07. The van der Waals surface area contributed by atoms with Crippen LogP contribution in [0.25, 0.3) is 0 Å². The number of amides is 1. The molecule has 0 atom stereocenters. The molecular weight excluding hydrogens is 262 g/mol. The fourth-order valence-corrected chi connectivity index (χ4v) is 2.86. The van der Waals surface area contributed by atoms with Gasteiger partial charge in [-0.3, -0.25) is 4.79 Å². The first kappa shape index (κ1) is 15.5. The Morgan fingerprint density at radius 1 is 1.29 bits per heavy atom. The zero-order valence-electron chi connectivity index (χ0n) is 12.9. The molecule has 21 heavy (non-hydrogen) atoms. The van der Waals surface area contributed by atoms with Gasteiger partial charge in [0, 0.05) is 19.6 Å². The third-order valence-corrected chi connectivity index (χ3v) is 4.03. The van der Waals surface area contributed by atoms with Crippen molar-refractivity contribution in [2.24, 2.45) is 5.92 Å². The van der Waals surface area contributed by atoms with E-state index in [4.69, 9.17) is 5.26 Å². The summed E-state index contributed by atoms with van der Waals surface area (Å²) < 4.78 is 0. The predicted octanol–water partition coefficient (Wildman–Crippen LogP) is 1.90. The summed E-state index contributed by atoms with van der Waals surface area (Å²) in [7, 11) is 4.20. The maximum absolute atomic E-state index is 12.3. The summed E-state index contributed by atoms with van der Waals surface area (Å²) in [5, 5.41) is 8.77. The van der Waals surface area contributed by atoms with Crippen LogP contribution in [0.5, 0.6) is 0 Å². The van der Waals surface area contributed by atoms with Gasteiger partial charge in [-0.2, -0.15) is 5.26 Å². The Kier molecular flexibility index (Phi) is 5.35. The van der Waals surface area contributed by atoms with E-state index >= 15 is 0 Å². The van der Waals surface area contributed by atoms with Gasteiger partial charge in [-0.05, 0) is 50.6 Å². The van der Waals surface area contributed by atoms with Crippen molar-refractivity contribution in [1.82, 2.24) is 9.80 Å². The highest BCUT2D eigenvalue weighted by atomic mass is 16.2. The van der Waals surface area contributed by atoms with Gasteiger partial charge < -0.3 is 9.80 Å². The maximum Gasteiger partial charge on any atom is 0.226 e. The molecule has 0 N–H and O–H groups in total. The van der Waals surface area contributed by atoms with Crippen LogP contribution in [0.4, 0.5) is 0 Å². The van der Waals surface area contributed by atoms with Gasteiger partial charge in [0.15, 0.2) is 0 Å². The molecule has 112 valence electrons. The summed E-state index contributed by atoms with van der Waals surface area (Å²) in [6.45, 7) is 2.85. The highest BCUT2D eigenvalue weighted by molar-refractivity contribution is 5.78. The average molecular weight is 285 g/mol. The number of likely N-dealkylation sites (tertiary alicyclic amines) is 1. The molecule has 0 aromatic heterocycles. The van der Waals surface area contributed by atoms with Gasteiger partial charge in [0.1, 0.15) is 0 Å². The van der Waals surface area contributed by atoms with Crippen molar-refractivity contribution >= 4 is 5.91 Å². The lowest BCUT2D eigenvalue weighted by atomic mass is 9.96. The van der Waals surface area contributed by atoms with Crippen LogP contribution in [0.2, 0.25) is 0 Å². The largest absolute Gasteiger partial charge is 0.342 e. The second-order valence-corrected chi connectivity index (χ2v) is 6.07. The summed E-state index contributed by atoms with van der Waals surface area (Å²) in [4.78, 5) is 16.5. The zero-order valence-corrected chi connectivity index (χ0v) is 12.9. The first-order valence-corrected chi connectivity index (χ1v) is 7.50. The van der Waals surface area contributed by atoms with E-state index in [0.29, 0.717) is 17.9 Å². The minimum Gasteiger partial charge on any atom is -0.342 e. The molecule has 1 aliphatic heterocycles. The van der Waals surface area contributed by atoms with Crippen molar-refractivity contribution in [3.8, 4) is 6.07 Å². The number of nitriles is 1. The van der Waals surface area contributed by atoms with Crippen molar-refractivity contribution < 1.29 is 4.79 Å². The molecule has 1 amide bonds. The van der Waals surface area contributed by atoms with Crippen LogP contribution in [0, 0.1) is 17.2 Å². The second kappa shape index (κ2) is 7.24. The normalized spacial score (nSPS) is 16.0. The minimum atomic E-state index is 0.197. The van der Waals surface area contributed by atoms with E-state index in [0.717, 1.165) is 38.0 Å². The van der Waals surface area contributed by atoms with E-state index in [2.05, 4.69) is 25.1 Å². The molecule has 1 fully saturated rings. The number of hydrogen-bond donors (Lipinski definition) is 0. The molecule has 0 bridgehead atoms. The smallest absolute Gasteiger partial charge is 0.226 e. The Morgan fingerprint density at radius 2 is 1.90 bits per heavy atom. The number of carbonyl (C=O) groups is 1. The number of nitrogens with zero attached hydrogens (tertiary/aromatic N) is 3. The molecule has 0 radical (unpaired) electrons. The van der Waals surface area contributed by atoms with Gasteiger partial charge in [-0.25, -0.2) is 0 Å². The molecular formula is C17H23N3O. The Hall–Kier alpha value is -1.86. The molecule has 0 aliphatic carbocycles. The Morgan fingerprint density at radius 3 is 2.43 bits per heavy atom. The van der Waals surface area contributed by atoms with E-state index in [1.807, 2.05) is 17.0 Å². The van der Waals surface area contributed by atoms with Crippen molar-refractivity contribution in [3.63, 3.8) is 0 Å². The van der Waals surface area contributed by atoms with Crippen LogP contribution < -0.4 is 0 Å². The summed E-state index contributed by atoms with van der Waals surface area (Å²) in [6.07, 6.45) is 2.62. The zero-order chi connectivity index (χ0) is 15.2. The lowest BCUT2D eigenvalue weighted by Crippen LogP contribution is -2.41. The summed E-state index contributed by atoms with van der Waals surface area (Å²) in [5.74, 6) is 0.905. The SMILES string of the molecule is CN(C)CC1CCN(C(=O)Cc2ccc(C#N)cc2)CC1. The standard InChI is InChI=1S/C17H23N3O/c1-19(2)13-16-7-9-20(10-8-16)17(21)11-14-3-5-15(12-18)6-4-14/h3-6,16H,7-11,13H2,1-2H3. The van der Waals surface area contributed by atoms with E-state index < -0.39 is 0 Å². The average Bonchev–Trinajstić information content (AvgIpc) is 2.48. The van der Waals surface area contributed by atoms with Crippen molar-refractivity contribution in [2.75, 3.05) is 33.7 Å². The Balaban J connectivity index is 1.83. The first-order chi connectivity index (χ1) is 10.1. The van der Waals surface area contributed by atoms with Gasteiger partial charge in [-0.15, -0.1) is 0 Å². The molecule has 0 spiro atoms. The highest BCUT2D eigenvalue weighted by Gasteiger charge is 2.22. The topological polar surface area (TPSA) is 47.3 Å². The van der Waals surface area contributed by atoms with Crippen LogP contribution in [0.1, 0.15) is 24.0 Å². The minimum absolute atomic E-state index is 0.197. The van der Waals surface area contributed by atoms with Crippen LogP contribution in [-0.4, -0.2) is 49.4 Å². The molecule has 1 aromatic carbocycles. The molecule has 4 nitrogen and oxygen atoms in total. The fourth-order valence-electron chi connectivity index (χ4n) is 2.86. The molecule has 1 saturated heterocycles. The maximum atomic E-state index is 12.3. The molecule has 2 rings (SSSR count). The van der Waals surface area contributed by atoms with Gasteiger partial charge in [0.2, 0.25) is 5.91 Å². The highest BCUT2D eigenvalue weighted by Crippen LogP contribution is 2.18. The number of hydrogen-bond acceptors (Lipinski definition) is 3. The predicted molar refractivity (Wildman–Crippen MR) is 82.7 cm³/mol. The van der Waals surface area contributed by atoms with E-state index in [1.54, 1.807) is 12.1 Å². The molecule has 4 heteroatoms.